The van der Waals surface area contributed by atoms with Gasteiger partial charge < -0.3 is 0 Å². The van der Waals surface area contributed by atoms with Gasteiger partial charge >= 0.3 is 11.7 Å². The molecule has 0 spiro atoms. The summed E-state index contributed by atoms with van der Waals surface area (Å²) in [6.07, 6.45) is -3.72. The van der Waals surface area contributed by atoms with Gasteiger partial charge in [-0.05, 0) is 23.9 Å². The number of nitrogens with one attached hydrogen (secondary N) is 1. The van der Waals surface area contributed by atoms with Crippen LogP contribution in [0.25, 0.3) is 11.3 Å². The molecule has 22 heavy (non-hydrogen) atoms. The summed E-state index contributed by atoms with van der Waals surface area (Å²) in [6, 6.07) is 1.17. The summed E-state index contributed by atoms with van der Waals surface area (Å²) < 4.78 is 75.2. The van der Waals surface area contributed by atoms with Crippen molar-refractivity contribution in [2.45, 2.75) is 16.6 Å². The lowest BCUT2D eigenvalue weighted by molar-refractivity contribution is -0.137. The summed E-state index contributed by atoms with van der Waals surface area (Å²) in [5.41, 5.74) is -6.18. The number of thioether (sulfide) groups is 1. The van der Waals surface area contributed by atoms with Gasteiger partial charge in [0.1, 0.15) is 5.69 Å². The summed E-state index contributed by atoms with van der Waals surface area (Å²) in [4.78, 5) is -0.351. The highest BCUT2D eigenvalue weighted by molar-refractivity contribution is 8.00. The highest BCUT2D eigenvalue weighted by Crippen LogP contribution is 2.45. The van der Waals surface area contributed by atoms with Crippen molar-refractivity contribution in [2.75, 3.05) is 0 Å². The van der Waals surface area contributed by atoms with Crippen molar-refractivity contribution in [1.29, 1.82) is 0 Å². The summed E-state index contributed by atoms with van der Waals surface area (Å²) in [5, 5.41) is 4.90. The first-order valence-corrected chi connectivity index (χ1v) is 6.92. The molecule has 0 bridgehead atoms. The third-order valence-electron chi connectivity index (χ3n) is 2.44. The number of benzene rings is 1. The normalized spacial score (nSPS) is 12.7. The van der Waals surface area contributed by atoms with E-state index in [0.717, 1.165) is 6.20 Å². The second-order valence-corrected chi connectivity index (χ2v) is 5.88. The molecule has 2 rings (SSSR count). The van der Waals surface area contributed by atoms with E-state index in [0.29, 0.717) is 12.1 Å². The van der Waals surface area contributed by atoms with Crippen LogP contribution in [0.2, 0.25) is 10.0 Å². The molecule has 1 aromatic heterocycles. The average Bonchev–Trinajstić information content (AvgIpc) is 2.72. The molecule has 0 radical (unpaired) electrons. The molecule has 0 amide bonds. The van der Waals surface area contributed by atoms with Gasteiger partial charge in [-0.1, -0.05) is 23.2 Å². The molecule has 120 valence electrons. The maximum atomic E-state index is 12.6. The molecule has 0 aliphatic rings. The van der Waals surface area contributed by atoms with Crippen LogP contribution < -0.4 is 0 Å². The molecule has 0 fully saturated rings. The fraction of sp³-hybridized carbons (Fsp3) is 0.182. The topological polar surface area (TPSA) is 28.7 Å². The third-order valence-corrected chi connectivity index (χ3v) is 3.80. The number of nitrogens with zero attached hydrogens (tertiary/aromatic N) is 1. The first kappa shape index (κ1) is 17.3. The second kappa shape index (κ2) is 5.86. The molecule has 11 heteroatoms. The van der Waals surface area contributed by atoms with Crippen molar-refractivity contribution < 1.29 is 26.3 Å². The van der Waals surface area contributed by atoms with Crippen molar-refractivity contribution in [3.05, 3.63) is 33.9 Å². The molecule has 1 heterocycles. The predicted octanol–water partition coefficient (Wildman–Crippen LogP) is 6.01. The first-order valence-electron chi connectivity index (χ1n) is 5.35. The summed E-state index contributed by atoms with van der Waals surface area (Å²) in [5.74, 6) is 0. The Bertz CT molecular complexity index is 672. The fourth-order valence-electron chi connectivity index (χ4n) is 1.62. The van der Waals surface area contributed by atoms with Gasteiger partial charge in [-0.2, -0.15) is 31.4 Å². The van der Waals surface area contributed by atoms with Crippen LogP contribution in [0.5, 0.6) is 0 Å². The van der Waals surface area contributed by atoms with E-state index >= 15 is 0 Å². The number of H-pyrrole nitrogens is 1. The van der Waals surface area contributed by atoms with Crippen LogP contribution >= 0.6 is 35.0 Å². The van der Waals surface area contributed by atoms with E-state index in [-0.39, 0.29) is 16.2 Å². The van der Waals surface area contributed by atoms with Gasteiger partial charge in [0, 0.05) is 11.8 Å². The molecule has 2 nitrogen and oxygen atoms in total. The quantitative estimate of drug-likeness (QED) is 0.510. The van der Waals surface area contributed by atoms with Crippen LogP contribution in [0.15, 0.2) is 23.2 Å². The number of rotatable bonds is 2. The summed E-state index contributed by atoms with van der Waals surface area (Å²) >= 11 is 11.0. The van der Waals surface area contributed by atoms with Crippen LogP contribution in [-0.4, -0.2) is 15.7 Å². The fourth-order valence-corrected chi connectivity index (χ4v) is 2.89. The minimum absolute atomic E-state index is 0.204. The van der Waals surface area contributed by atoms with E-state index in [1.54, 1.807) is 0 Å². The smallest absolute Gasteiger partial charge is 0.284 e. The third kappa shape index (κ3) is 3.82. The highest BCUT2D eigenvalue weighted by atomic mass is 35.5. The zero-order valence-corrected chi connectivity index (χ0v) is 12.4. The SMILES string of the molecule is FC(F)(F)Sc1c[nH]nc1-c1c(Cl)cc(C(F)(F)F)cc1Cl. The lowest BCUT2D eigenvalue weighted by Gasteiger charge is -2.12. The molecule has 0 atom stereocenters. The van der Waals surface area contributed by atoms with E-state index in [1.807, 2.05) is 0 Å². The molecule has 1 aromatic carbocycles. The van der Waals surface area contributed by atoms with E-state index in [9.17, 15) is 26.3 Å². The molecule has 0 aliphatic heterocycles. The van der Waals surface area contributed by atoms with Crippen LogP contribution in [0.4, 0.5) is 26.3 Å². The minimum Gasteiger partial charge on any atom is -0.284 e. The van der Waals surface area contributed by atoms with Crippen LogP contribution in [0.1, 0.15) is 5.56 Å². The first-order chi connectivity index (χ1) is 9.99. The van der Waals surface area contributed by atoms with Crippen molar-refractivity contribution >= 4 is 35.0 Å². The van der Waals surface area contributed by atoms with Gasteiger partial charge in [0.25, 0.3) is 0 Å². The Morgan fingerprint density at radius 2 is 1.55 bits per heavy atom. The predicted molar refractivity (Wildman–Crippen MR) is 71.0 cm³/mol. The lowest BCUT2D eigenvalue weighted by atomic mass is 10.1. The monoisotopic (exact) mass is 380 g/mol. The maximum Gasteiger partial charge on any atom is 0.446 e. The van der Waals surface area contributed by atoms with Crippen molar-refractivity contribution in [1.82, 2.24) is 10.2 Å². The van der Waals surface area contributed by atoms with Gasteiger partial charge in [0.15, 0.2) is 0 Å². The molecule has 0 saturated heterocycles. The summed E-state index contributed by atoms with van der Waals surface area (Å²) in [6.45, 7) is 0. The van der Waals surface area contributed by atoms with Crippen LogP contribution in [0.3, 0.4) is 0 Å². The Morgan fingerprint density at radius 1 is 1.00 bits per heavy atom. The van der Waals surface area contributed by atoms with Crippen molar-refractivity contribution in [3.8, 4) is 11.3 Å². The van der Waals surface area contributed by atoms with E-state index < -0.39 is 39.1 Å². The number of hydrogen-bond acceptors (Lipinski definition) is 2. The molecular formula is C11H4Cl2F6N2S. The van der Waals surface area contributed by atoms with Gasteiger partial charge in [-0.15, -0.1) is 0 Å². The van der Waals surface area contributed by atoms with Crippen LogP contribution in [0, 0.1) is 0 Å². The van der Waals surface area contributed by atoms with E-state index in [1.165, 1.54) is 0 Å². The van der Waals surface area contributed by atoms with Crippen LogP contribution in [-0.2, 0) is 6.18 Å². The maximum absolute atomic E-state index is 12.6. The highest BCUT2D eigenvalue weighted by Gasteiger charge is 2.34. The van der Waals surface area contributed by atoms with Gasteiger partial charge in [0.2, 0.25) is 0 Å². The Hall–Kier alpha value is -1.06. The number of aromatic amines is 1. The number of alkyl halides is 6. The Balaban J connectivity index is 2.53. The molecule has 0 aliphatic carbocycles. The molecule has 0 saturated carbocycles. The molecule has 2 aromatic rings. The van der Waals surface area contributed by atoms with Gasteiger partial charge in [-0.25, -0.2) is 0 Å². The number of halogens is 8. The second-order valence-electron chi connectivity index (χ2n) is 3.96. The standard InChI is InChI=1S/C11H4Cl2F6N2S/c12-5-1-4(10(14,15)16)2-6(13)8(5)9-7(3-20-21-9)22-11(17,18)19/h1-3H,(H,20,21). The molecular weight excluding hydrogens is 377 g/mol. The Morgan fingerprint density at radius 3 is 2.00 bits per heavy atom. The van der Waals surface area contributed by atoms with Crippen molar-refractivity contribution in [2.24, 2.45) is 0 Å². The Labute approximate surface area is 133 Å². The number of hydrogen-bond donors (Lipinski definition) is 1. The van der Waals surface area contributed by atoms with Gasteiger partial charge in [-0.3, -0.25) is 5.10 Å². The lowest BCUT2D eigenvalue weighted by Crippen LogP contribution is -2.05. The average molecular weight is 381 g/mol. The largest absolute Gasteiger partial charge is 0.446 e. The molecule has 1 N–H and O–H groups in total. The zero-order valence-electron chi connectivity index (χ0n) is 10.1. The number of aromatic nitrogens is 2. The van der Waals surface area contributed by atoms with Crippen molar-refractivity contribution in [3.63, 3.8) is 0 Å². The molecule has 0 unspecified atom stereocenters. The van der Waals surface area contributed by atoms with E-state index in [4.69, 9.17) is 23.2 Å². The summed E-state index contributed by atoms with van der Waals surface area (Å²) in [7, 11) is 0. The minimum atomic E-state index is -4.68. The van der Waals surface area contributed by atoms with E-state index in [2.05, 4.69) is 10.2 Å². The Kier molecular flexibility index (Phi) is 4.61. The van der Waals surface area contributed by atoms with Gasteiger partial charge in [0.05, 0.1) is 20.5 Å². The zero-order chi connectivity index (χ0) is 16.7.